The van der Waals surface area contributed by atoms with E-state index >= 15 is 0 Å². The molecule has 1 heterocycles. The lowest BCUT2D eigenvalue weighted by Gasteiger charge is -2.08. The van der Waals surface area contributed by atoms with Crippen molar-refractivity contribution in [3.05, 3.63) is 52.0 Å². The van der Waals surface area contributed by atoms with E-state index in [2.05, 4.69) is 31.5 Å². The monoisotopic (exact) mass is 349 g/mol. The van der Waals surface area contributed by atoms with Crippen LogP contribution in [0.3, 0.4) is 0 Å². The summed E-state index contributed by atoms with van der Waals surface area (Å²) in [6.45, 7) is 0. The number of aromatic nitrogens is 4. The van der Waals surface area contributed by atoms with Crippen LogP contribution in [0.1, 0.15) is 0 Å². The molecule has 3 aromatic rings. The second kappa shape index (κ2) is 5.22. The van der Waals surface area contributed by atoms with E-state index < -0.39 is 0 Å². The van der Waals surface area contributed by atoms with Crippen molar-refractivity contribution < 1.29 is 0 Å². The van der Waals surface area contributed by atoms with Crippen molar-refractivity contribution in [3.63, 3.8) is 0 Å². The van der Waals surface area contributed by atoms with Gasteiger partial charge in [0.15, 0.2) is 5.82 Å². The van der Waals surface area contributed by atoms with Crippen LogP contribution >= 0.6 is 27.5 Å². The molecular formula is C13H9BrClN5. The summed E-state index contributed by atoms with van der Waals surface area (Å²) in [7, 11) is 0. The van der Waals surface area contributed by atoms with Crippen LogP contribution in [0, 0.1) is 0 Å². The van der Waals surface area contributed by atoms with Crippen LogP contribution in [0.15, 0.2) is 46.9 Å². The molecule has 0 aliphatic heterocycles. The van der Waals surface area contributed by atoms with Crippen molar-refractivity contribution in [2.45, 2.75) is 0 Å². The van der Waals surface area contributed by atoms with E-state index in [0.29, 0.717) is 16.5 Å². The Bertz CT molecular complexity index is 771. The van der Waals surface area contributed by atoms with Crippen molar-refractivity contribution >= 4 is 33.2 Å². The Kier molecular flexibility index (Phi) is 3.42. The highest BCUT2D eigenvalue weighted by Gasteiger charge is 2.15. The van der Waals surface area contributed by atoms with Crippen LogP contribution in [-0.2, 0) is 0 Å². The van der Waals surface area contributed by atoms with Crippen LogP contribution < -0.4 is 5.73 Å². The Morgan fingerprint density at radius 1 is 1.15 bits per heavy atom. The van der Waals surface area contributed by atoms with E-state index in [0.717, 1.165) is 15.7 Å². The first-order chi connectivity index (χ1) is 9.66. The molecule has 0 amide bonds. The number of nitrogens with zero attached hydrogens (tertiary/aromatic N) is 4. The molecule has 20 heavy (non-hydrogen) atoms. The molecule has 100 valence electrons. The zero-order chi connectivity index (χ0) is 14.1. The first-order valence-corrected chi connectivity index (χ1v) is 6.92. The van der Waals surface area contributed by atoms with E-state index in [9.17, 15) is 0 Å². The molecule has 0 fully saturated rings. The maximum Gasteiger partial charge on any atom is 0.189 e. The Labute approximate surface area is 128 Å². The number of halogens is 2. The molecule has 0 spiro atoms. The highest BCUT2D eigenvalue weighted by molar-refractivity contribution is 9.10. The molecule has 0 bridgehead atoms. The molecule has 0 aliphatic rings. The summed E-state index contributed by atoms with van der Waals surface area (Å²) in [5.41, 5.74) is 8.11. The second-order valence-electron chi connectivity index (χ2n) is 4.10. The van der Waals surface area contributed by atoms with Gasteiger partial charge in [0.1, 0.15) is 0 Å². The third-order valence-corrected chi connectivity index (χ3v) is 3.71. The average molecular weight is 351 g/mol. The maximum absolute atomic E-state index is 6.04. The van der Waals surface area contributed by atoms with Gasteiger partial charge >= 0.3 is 0 Å². The highest BCUT2D eigenvalue weighted by atomic mass is 79.9. The van der Waals surface area contributed by atoms with Gasteiger partial charge in [0, 0.05) is 20.7 Å². The molecule has 3 rings (SSSR count). The molecule has 0 saturated heterocycles. The lowest BCUT2D eigenvalue weighted by molar-refractivity contribution is 0.789. The number of hydrogen-bond donors (Lipinski definition) is 1. The number of nitrogen functional groups attached to an aromatic ring is 1. The van der Waals surface area contributed by atoms with Gasteiger partial charge in [-0.3, -0.25) is 0 Å². The fraction of sp³-hybridized carbons (Fsp3) is 0. The van der Waals surface area contributed by atoms with Gasteiger partial charge in [-0.2, -0.15) is 4.68 Å². The van der Waals surface area contributed by atoms with Gasteiger partial charge in [-0.25, -0.2) is 0 Å². The number of anilines is 1. The fourth-order valence-electron chi connectivity index (χ4n) is 1.87. The van der Waals surface area contributed by atoms with Gasteiger partial charge in [-0.05, 0) is 56.7 Å². The third-order valence-electron chi connectivity index (χ3n) is 2.81. The summed E-state index contributed by atoms with van der Waals surface area (Å²) in [5, 5.41) is 12.4. The zero-order valence-electron chi connectivity index (χ0n) is 10.2. The van der Waals surface area contributed by atoms with E-state index in [1.54, 1.807) is 22.9 Å². The molecule has 2 N–H and O–H groups in total. The molecule has 0 atom stereocenters. The van der Waals surface area contributed by atoms with Gasteiger partial charge in [0.25, 0.3) is 0 Å². The summed E-state index contributed by atoms with van der Waals surface area (Å²) in [6, 6.07) is 12.8. The minimum atomic E-state index is 0.561. The molecule has 1 aromatic heterocycles. The van der Waals surface area contributed by atoms with Crippen LogP contribution in [0.2, 0.25) is 5.02 Å². The predicted octanol–water partition coefficient (Wildman–Crippen LogP) is 3.33. The highest BCUT2D eigenvalue weighted by Crippen LogP contribution is 2.29. The molecular weight excluding hydrogens is 342 g/mol. The number of tetrazole rings is 1. The predicted molar refractivity (Wildman–Crippen MR) is 81.7 cm³/mol. The Morgan fingerprint density at radius 2 is 1.95 bits per heavy atom. The molecule has 0 unspecified atom stereocenters. The Balaban J connectivity index is 2.21. The molecule has 2 aromatic carbocycles. The number of rotatable bonds is 2. The van der Waals surface area contributed by atoms with Gasteiger partial charge in [-0.1, -0.05) is 23.7 Å². The minimum Gasteiger partial charge on any atom is -0.398 e. The number of hydrogen-bond acceptors (Lipinski definition) is 4. The maximum atomic E-state index is 6.04. The van der Waals surface area contributed by atoms with Crippen molar-refractivity contribution in [2.75, 3.05) is 5.73 Å². The number of para-hydroxylation sites is 1. The molecule has 5 nitrogen and oxygen atoms in total. The smallest absolute Gasteiger partial charge is 0.189 e. The van der Waals surface area contributed by atoms with E-state index in [1.165, 1.54) is 0 Å². The van der Waals surface area contributed by atoms with Crippen LogP contribution in [0.4, 0.5) is 5.69 Å². The SMILES string of the molecule is Nc1ccccc1-c1nnnn1-c1cc(Cl)ccc1Br. The molecule has 7 heteroatoms. The summed E-state index contributed by atoms with van der Waals surface area (Å²) >= 11 is 9.51. The van der Waals surface area contributed by atoms with Crippen molar-refractivity contribution in [1.82, 2.24) is 20.2 Å². The zero-order valence-corrected chi connectivity index (χ0v) is 12.5. The number of benzene rings is 2. The lowest BCUT2D eigenvalue weighted by Crippen LogP contribution is -2.02. The molecule has 0 radical (unpaired) electrons. The van der Waals surface area contributed by atoms with Crippen LogP contribution in [-0.4, -0.2) is 20.2 Å². The number of nitrogens with two attached hydrogens (primary N) is 1. The first-order valence-electron chi connectivity index (χ1n) is 5.75. The largest absolute Gasteiger partial charge is 0.398 e. The van der Waals surface area contributed by atoms with Gasteiger partial charge < -0.3 is 5.73 Å². The third kappa shape index (κ3) is 2.28. The summed E-state index contributed by atoms with van der Waals surface area (Å²) < 4.78 is 2.44. The van der Waals surface area contributed by atoms with E-state index in [4.69, 9.17) is 17.3 Å². The van der Waals surface area contributed by atoms with Crippen molar-refractivity contribution in [3.8, 4) is 17.1 Å². The normalized spacial score (nSPS) is 10.7. The van der Waals surface area contributed by atoms with Gasteiger partial charge in [-0.15, -0.1) is 5.10 Å². The summed E-state index contributed by atoms with van der Waals surface area (Å²) in [6.07, 6.45) is 0. The van der Waals surface area contributed by atoms with E-state index in [1.807, 2.05) is 24.3 Å². The molecule has 0 saturated carbocycles. The fourth-order valence-corrected chi connectivity index (χ4v) is 2.45. The standard InChI is InChI=1S/C13H9BrClN5/c14-10-6-5-8(15)7-12(10)20-13(17-18-19-20)9-3-1-2-4-11(9)16/h1-7H,16H2. The van der Waals surface area contributed by atoms with Crippen molar-refractivity contribution in [1.29, 1.82) is 0 Å². The van der Waals surface area contributed by atoms with Crippen LogP contribution in [0.5, 0.6) is 0 Å². The first kappa shape index (κ1) is 13.1. The summed E-state index contributed by atoms with van der Waals surface area (Å²) in [5.74, 6) is 0.561. The quantitative estimate of drug-likeness (QED) is 0.720. The molecule has 0 aliphatic carbocycles. The van der Waals surface area contributed by atoms with E-state index in [-0.39, 0.29) is 0 Å². The minimum absolute atomic E-state index is 0.561. The van der Waals surface area contributed by atoms with Crippen molar-refractivity contribution in [2.24, 2.45) is 0 Å². The summed E-state index contributed by atoms with van der Waals surface area (Å²) in [4.78, 5) is 0. The lowest BCUT2D eigenvalue weighted by atomic mass is 10.1. The van der Waals surface area contributed by atoms with Gasteiger partial charge in [0.05, 0.1) is 5.69 Å². The Hall–Kier alpha value is -1.92. The average Bonchev–Trinajstić information content (AvgIpc) is 2.91. The van der Waals surface area contributed by atoms with Crippen LogP contribution in [0.25, 0.3) is 17.1 Å². The topological polar surface area (TPSA) is 69.6 Å². The Morgan fingerprint density at radius 3 is 2.75 bits per heavy atom. The van der Waals surface area contributed by atoms with Gasteiger partial charge in [0.2, 0.25) is 0 Å². The second-order valence-corrected chi connectivity index (χ2v) is 5.39.